The minimum atomic E-state index is -3.94. The highest BCUT2D eigenvalue weighted by Crippen LogP contribution is 2.31. The number of likely N-dealkylation sites (N-methyl/N-ethyl adjacent to an activating group) is 1. The standard InChI is InChI=1S/C32H46ClN3O6S/c1-22-18-36(23(2)21-37)32(38)29-17-27(34-43(39,40)28-13-10-26(33)11-14-28)12-15-30(29)42-24(3)7-5-6-16-41-31(22)20-35(4)19-25-8-9-25/h10-15,17,22-25,31,34,37H,5-9,16,18-21H2,1-4H3/t22-,23+,24+,31-/m0/s1. The Hall–Kier alpha value is -2.37. The van der Waals surface area contributed by atoms with Crippen LogP contribution in [0, 0.1) is 11.8 Å². The number of sulfonamides is 1. The smallest absolute Gasteiger partial charge is 0.261 e. The lowest BCUT2D eigenvalue weighted by molar-refractivity contribution is -0.0172. The Morgan fingerprint density at radius 1 is 1.09 bits per heavy atom. The van der Waals surface area contributed by atoms with E-state index in [4.69, 9.17) is 21.1 Å². The number of benzene rings is 2. The number of nitrogens with one attached hydrogen (secondary N) is 1. The molecule has 1 aliphatic heterocycles. The number of hydrogen-bond donors (Lipinski definition) is 2. The first kappa shape index (κ1) is 33.5. The van der Waals surface area contributed by atoms with E-state index in [9.17, 15) is 18.3 Å². The molecule has 238 valence electrons. The van der Waals surface area contributed by atoms with Gasteiger partial charge in [0.25, 0.3) is 15.9 Å². The van der Waals surface area contributed by atoms with Crippen LogP contribution in [-0.2, 0) is 14.8 Å². The third-order valence-electron chi connectivity index (χ3n) is 8.19. The van der Waals surface area contributed by atoms with E-state index in [1.807, 2.05) is 6.92 Å². The highest BCUT2D eigenvalue weighted by Gasteiger charge is 2.31. The summed E-state index contributed by atoms with van der Waals surface area (Å²) in [4.78, 5) is 18.3. The van der Waals surface area contributed by atoms with E-state index in [1.165, 1.54) is 43.2 Å². The van der Waals surface area contributed by atoms with E-state index in [0.717, 1.165) is 38.3 Å². The van der Waals surface area contributed by atoms with Crippen molar-refractivity contribution in [2.45, 2.75) is 76.0 Å². The van der Waals surface area contributed by atoms with Gasteiger partial charge < -0.3 is 24.4 Å². The summed E-state index contributed by atoms with van der Waals surface area (Å²) >= 11 is 5.94. The Kier molecular flexibility index (Phi) is 11.8. The quantitative estimate of drug-likeness (QED) is 0.386. The van der Waals surface area contributed by atoms with Crippen LogP contribution in [0.2, 0.25) is 5.02 Å². The molecule has 43 heavy (non-hydrogen) atoms. The molecule has 0 bridgehead atoms. The molecule has 0 aromatic heterocycles. The van der Waals surface area contributed by atoms with Gasteiger partial charge in [-0.2, -0.15) is 0 Å². The monoisotopic (exact) mass is 635 g/mol. The van der Waals surface area contributed by atoms with Gasteiger partial charge >= 0.3 is 0 Å². The Morgan fingerprint density at radius 2 is 1.81 bits per heavy atom. The van der Waals surface area contributed by atoms with Crippen molar-refractivity contribution in [3.05, 3.63) is 53.1 Å². The third-order valence-corrected chi connectivity index (χ3v) is 9.84. The van der Waals surface area contributed by atoms with Gasteiger partial charge in [0.05, 0.1) is 35.3 Å². The second kappa shape index (κ2) is 15.1. The molecule has 1 aliphatic carbocycles. The predicted octanol–water partition coefficient (Wildman–Crippen LogP) is 5.28. The van der Waals surface area contributed by atoms with E-state index in [-0.39, 0.29) is 46.8 Å². The summed E-state index contributed by atoms with van der Waals surface area (Å²) in [5.41, 5.74) is 0.461. The topological polar surface area (TPSA) is 108 Å². The van der Waals surface area contributed by atoms with Gasteiger partial charge in [-0.05, 0) is 101 Å². The van der Waals surface area contributed by atoms with E-state index in [0.29, 0.717) is 23.9 Å². The summed E-state index contributed by atoms with van der Waals surface area (Å²) in [7, 11) is -1.81. The molecule has 0 saturated heterocycles. The van der Waals surface area contributed by atoms with Crippen LogP contribution in [0.5, 0.6) is 5.75 Å². The number of carbonyl (C=O) groups excluding carboxylic acids is 1. The molecule has 2 aromatic carbocycles. The van der Waals surface area contributed by atoms with Crippen LogP contribution < -0.4 is 9.46 Å². The number of ether oxygens (including phenoxy) is 2. The van der Waals surface area contributed by atoms with E-state index < -0.39 is 16.1 Å². The summed E-state index contributed by atoms with van der Waals surface area (Å²) in [6.45, 7) is 8.43. The van der Waals surface area contributed by atoms with Crippen molar-refractivity contribution in [1.82, 2.24) is 9.80 Å². The van der Waals surface area contributed by atoms with Crippen molar-refractivity contribution in [2.75, 3.05) is 44.6 Å². The number of amides is 1. The molecule has 2 N–H and O–H groups in total. The van der Waals surface area contributed by atoms with Crippen LogP contribution in [0.3, 0.4) is 0 Å². The molecule has 0 radical (unpaired) electrons. The molecule has 1 amide bonds. The zero-order valence-corrected chi connectivity index (χ0v) is 27.2. The number of anilines is 1. The maximum atomic E-state index is 14.3. The molecule has 4 atom stereocenters. The predicted molar refractivity (Wildman–Crippen MR) is 169 cm³/mol. The molecule has 9 nitrogen and oxygen atoms in total. The summed E-state index contributed by atoms with van der Waals surface area (Å²) < 4.78 is 41.5. The second-order valence-electron chi connectivity index (χ2n) is 12.2. The van der Waals surface area contributed by atoms with E-state index in [2.05, 4.69) is 23.6 Å². The lowest BCUT2D eigenvalue weighted by Gasteiger charge is -2.36. The molecule has 1 fully saturated rings. The molecule has 11 heteroatoms. The van der Waals surface area contributed by atoms with E-state index >= 15 is 0 Å². The average Bonchev–Trinajstić information content (AvgIpc) is 3.78. The van der Waals surface area contributed by atoms with Crippen LogP contribution in [0.4, 0.5) is 5.69 Å². The van der Waals surface area contributed by atoms with Crippen LogP contribution in [0.15, 0.2) is 47.4 Å². The zero-order valence-electron chi connectivity index (χ0n) is 25.7. The summed E-state index contributed by atoms with van der Waals surface area (Å²) in [5, 5.41) is 10.6. The highest BCUT2D eigenvalue weighted by molar-refractivity contribution is 7.92. The van der Waals surface area contributed by atoms with Gasteiger partial charge in [0.15, 0.2) is 0 Å². The first-order valence-corrected chi connectivity index (χ1v) is 17.1. The lowest BCUT2D eigenvalue weighted by Crippen LogP contribution is -2.47. The first-order valence-electron chi connectivity index (χ1n) is 15.3. The van der Waals surface area contributed by atoms with Gasteiger partial charge in [0.1, 0.15) is 5.75 Å². The highest BCUT2D eigenvalue weighted by atomic mass is 35.5. The van der Waals surface area contributed by atoms with Gasteiger partial charge in [-0.1, -0.05) is 18.5 Å². The molecule has 4 rings (SSSR count). The molecule has 2 aromatic rings. The molecule has 1 saturated carbocycles. The van der Waals surface area contributed by atoms with Crippen LogP contribution in [-0.4, -0.2) is 87.4 Å². The fourth-order valence-corrected chi connectivity index (χ4v) is 6.57. The number of nitrogens with zero attached hydrogens (tertiary/aromatic N) is 2. The van der Waals surface area contributed by atoms with Gasteiger partial charge in [-0.15, -0.1) is 0 Å². The number of hydrogen-bond acceptors (Lipinski definition) is 7. The molecule has 0 unspecified atom stereocenters. The Morgan fingerprint density at radius 3 is 2.49 bits per heavy atom. The number of halogens is 1. The number of aliphatic hydroxyl groups is 1. The Balaban J connectivity index is 1.65. The van der Waals surface area contributed by atoms with Gasteiger partial charge in [0.2, 0.25) is 0 Å². The molecular weight excluding hydrogens is 590 g/mol. The SMILES string of the molecule is C[C@@H]1CCCCO[C@@H](CN(C)CC2CC2)[C@@H](C)CN([C@H](C)CO)C(=O)c2cc(NS(=O)(=O)c3ccc(Cl)cc3)ccc2O1. The van der Waals surface area contributed by atoms with Crippen LogP contribution >= 0.6 is 11.6 Å². The van der Waals surface area contributed by atoms with Gasteiger partial charge in [0, 0.05) is 42.9 Å². The van der Waals surface area contributed by atoms with E-state index in [1.54, 1.807) is 24.0 Å². The van der Waals surface area contributed by atoms with Crippen LogP contribution in [0.1, 0.15) is 63.2 Å². The Labute approximate surface area is 261 Å². The second-order valence-corrected chi connectivity index (χ2v) is 14.4. The lowest BCUT2D eigenvalue weighted by atomic mass is 10.0. The summed E-state index contributed by atoms with van der Waals surface area (Å²) in [5.74, 6) is 0.780. The van der Waals surface area contributed by atoms with Crippen molar-refractivity contribution >= 4 is 33.2 Å². The van der Waals surface area contributed by atoms with Crippen LogP contribution in [0.25, 0.3) is 0 Å². The normalized spacial score (nSPS) is 23.3. The third kappa shape index (κ3) is 9.56. The van der Waals surface area contributed by atoms with Crippen molar-refractivity contribution in [1.29, 1.82) is 0 Å². The number of rotatable bonds is 9. The molecule has 0 spiro atoms. The molecular formula is C32H46ClN3O6S. The first-order chi connectivity index (χ1) is 20.5. The molecule has 1 heterocycles. The average molecular weight is 636 g/mol. The number of aliphatic hydroxyl groups excluding tert-OH is 1. The fourth-order valence-electron chi connectivity index (χ4n) is 5.40. The maximum absolute atomic E-state index is 14.3. The fraction of sp³-hybridized carbons (Fsp3) is 0.594. The number of carbonyl (C=O) groups is 1. The van der Waals surface area contributed by atoms with Crippen molar-refractivity contribution in [3.63, 3.8) is 0 Å². The minimum absolute atomic E-state index is 0.0163. The van der Waals surface area contributed by atoms with Crippen molar-refractivity contribution in [2.24, 2.45) is 11.8 Å². The Bertz CT molecular complexity index is 1320. The molecule has 2 aliphatic rings. The summed E-state index contributed by atoms with van der Waals surface area (Å²) in [6, 6.07) is 10.1. The summed E-state index contributed by atoms with van der Waals surface area (Å²) in [6.07, 6.45) is 4.89. The van der Waals surface area contributed by atoms with Crippen molar-refractivity contribution < 1.29 is 27.8 Å². The van der Waals surface area contributed by atoms with Crippen molar-refractivity contribution in [3.8, 4) is 5.75 Å². The van der Waals surface area contributed by atoms with Gasteiger partial charge in [-0.25, -0.2) is 8.42 Å². The zero-order chi connectivity index (χ0) is 31.1. The number of fused-ring (bicyclic) bond motifs is 1. The maximum Gasteiger partial charge on any atom is 0.261 e. The largest absolute Gasteiger partial charge is 0.490 e. The van der Waals surface area contributed by atoms with Gasteiger partial charge in [-0.3, -0.25) is 9.52 Å². The minimum Gasteiger partial charge on any atom is -0.490 e.